The number of nitrogens with one attached hydrogen (secondary N) is 1. The van der Waals surface area contributed by atoms with Crippen LogP contribution >= 0.6 is 27.5 Å². The van der Waals surface area contributed by atoms with E-state index in [2.05, 4.69) is 27.3 Å². The van der Waals surface area contributed by atoms with Crippen LogP contribution in [-0.2, 0) is 0 Å². The van der Waals surface area contributed by atoms with Crippen LogP contribution in [0.25, 0.3) is 0 Å². The van der Waals surface area contributed by atoms with Gasteiger partial charge in [-0.2, -0.15) is 0 Å². The maximum absolute atomic E-state index is 5.90. The molecule has 0 radical (unpaired) electrons. The molecule has 0 amide bonds. The summed E-state index contributed by atoms with van der Waals surface area (Å²) in [5.41, 5.74) is 3.81. The first-order chi connectivity index (χ1) is 7.19. The highest BCUT2D eigenvalue weighted by molar-refractivity contribution is 9.10. The number of hydrazine groups is 1. The number of benzene rings is 1. The van der Waals surface area contributed by atoms with Crippen LogP contribution in [0.3, 0.4) is 0 Å². The molecule has 0 saturated carbocycles. The smallest absolute Gasteiger partial charge is 0.0548 e. The summed E-state index contributed by atoms with van der Waals surface area (Å²) in [6, 6.07) is 5.79. The zero-order chi connectivity index (χ0) is 11.3. The van der Waals surface area contributed by atoms with Crippen molar-refractivity contribution in [1.29, 1.82) is 0 Å². The van der Waals surface area contributed by atoms with E-state index in [1.807, 2.05) is 18.2 Å². The Morgan fingerprint density at radius 3 is 2.87 bits per heavy atom. The van der Waals surface area contributed by atoms with Gasteiger partial charge in [0.05, 0.1) is 5.02 Å². The van der Waals surface area contributed by atoms with Gasteiger partial charge >= 0.3 is 0 Å². The molecule has 80 valence electrons. The summed E-state index contributed by atoms with van der Waals surface area (Å²) < 4.78 is 0.864. The van der Waals surface area contributed by atoms with Crippen molar-refractivity contribution in [2.24, 2.45) is 5.84 Å². The predicted octanol–water partition coefficient (Wildman–Crippen LogP) is 3.02. The molecular weight excluding hydrogens is 275 g/mol. The average Bonchev–Trinajstić information content (AvgIpc) is 2.24. The third kappa shape index (κ3) is 3.51. The molecule has 0 heterocycles. The Morgan fingerprint density at radius 2 is 2.33 bits per heavy atom. The minimum atomic E-state index is 0.0645. The van der Waals surface area contributed by atoms with Gasteiger partial charge in [0, 0.05) is 16.9 Å². The Balaban J connectivity index is 2.83. The van der Waals surface area contributed by atoms with Crippen molar-refractivity contribution in [3.05, 3.63) is 33.3 Å². The van der Waals surface area contributed by atoms with Crippen LogP contribution in [0.1, 0.15) is 24.4 Å². The fourth-order valence-corrected chi connectivity index (χ4v) is 1.82. The van der Waals surface area contributed by atoms with Crippen molar-refractivity contribution in [2.75, 3.05) is 0 Å². The molecule has 4 heteroatoms. The molecule has 2 nitrogen and oxygen atoms in total. The zero-order valence-electron chi connectivity index (χ0n) is 8.13. The van der Waals surface area contributed by atoms with Crippen molar-refractivity contribution in [1.82, 2.24) is 5.43 Å². The molecular formula is C11H12BrClN2. The molecule has 3 N–H and O–H groups in total. The average molecular weight is 288 g/mol. The lowest BCUT2D eigenvalue weighted by atomic mass is 10.0. The minimum absolute atomic E-state index is 0.0645. The lowest BCUT2D eigenvalue weighted by Gasteiger charge is -2.15. The van der Waals surface area contributed by atoms with E-state index in [-0.39, 0.29) is 6.04 Å². The third-order valence-electron chi connectivity index (χ3n) is 2.12. The fraction of sp³-hybridized carbons (Fsp3) is 0.273. The molecule has 0 aromatic heterocycles. The van der Waals surface area contributed by atoms with Gasteiger partial charge < -0.3 is 0 Å². The Hall–Kier alpha value is -0.530. The van der Waals surface area contributed by atoms with Crippen molar-refractivity contribution in [3.63, 3.8) is 0 Å². The molecule has 0 fully saturated rings. The number of hydrogen-bond donors (Lipinski definition) is 2. The van der Waals surface area contributed by atoms with E-state index < -0.39 is 0 Å². The minimum Gasteiger partial charge on any atom is -0.271 e. The number of halogens is 2. The molecule has 0 aliphatic heterocycles. The van der Waals surface area contributed by atoms with Gasteiger partial charge in [0.1, 0.15) is 0 Å². The van der Waals surface area contributed by atoms with Crippen molar-refractivity contribution < 1.29 is 0 Å². The van der Waals surface area contributed by atoms with Gasteiger partial charge in [0.25, 0.3) is 0 Å². The van der Waals surface area contributed by atoms with Gasteiger partial charge in [-0.3, -0.25) is 11.3 Å². The first kappa shape index (κ1) is 12.5. The standard InChI is InChI=1S/C11H12BrClN2/c1-2-3-4-11(15-14)8-5-6-10(13)9(12)7-8/h1,5-7,11,15H,3-4,14H2. The molecule has 0 aliphatic carbocycles. The van der Waals surface area contributed by atoms with E-state index in [0.717, 1.165) is 16.5 Å². The second-order valence-corrected chi connectivity index (χ2v) is 4.40. The van der Waals surface area contributed by atoms with Crippen molar-refractivity contribution >= 4 is 27.5 Å². The van der Waals surface area contributed by atoms with Crippen LogP contribution in [0.15, 0.2) is 22.7 Å². The van der Waals surface area contributed by atoms with E-state index in [4.69, 9.17) is 23.9 Å². The van der Waals surface area contributed by atoms with Crippen LogP contribution in [-0.4, -0.2) is 0 Å². The van der Waals surface area contributed by atoms with Gasteiger partial charge in [0.15, 0.2) is 0 Å². The summed E-state index contributed by atoms with van der Waals surface area (Å²) in [5, 5.41) is 0.687. The Kier molecular flexibility index (Phi) is 5.13. The topological polar surface area (TPSA) is 38.0 Å². The highest BCUT2D eigenvalue weighted by atomic mass is 79.9. The van der Waals surface area contributed by atoms with Gasteiger partial charge in [-0.1, -0.05) is 17.7 Å². The first-order valence-corrected chi connectivity index (χ1v) is 5.70. The summed E-state index contributed by atoms with van der Waals surface area (Å²) in [6.45, 7) is 0. The molecule has 1 aromatic carbocycles. The molecule has 1 aromatic rings. The SMILES string of the molecule is C#CCCC(NN)c1ccc(Cl)c(Br)c1. The Labute approximate surface area is 103 Å². The summed E-state index contributed by atoms with van der Waals surface area (Å²) in [4.78, 5) is 0. The lowest BCUT2D eigenvalue weighted by Crippen LogP contribution is -2.27. The third-order valence-corrected chi connectivity index (χ3v) is 3.34. The largest absolute Gasteiger partial charge is 0.271 e. The molecule has 1 atom stereocenters. The van der Waals surface area contributed by atoms with Crippen LogP contribution in [0.5, 0.6) is 0 Å². The van der Waals surface area contributed by atoms with E-state index in [0.29, 0.717) is 11.4 Å². The highest BCUT2D eigenvalue weighted by Crippen LogP contribution is 2.27. The summed E-state index contributed by atoms with van der Waals surface area (Å²) in [7, 11) is 0. The predicted molar refractivity (Wildman–Crippen MR) is 67.3 cm³/mol. The second-order valence-electron chi connectivity index (χ2n) is 3.14. The summed E-state index contributed by atoms with van der Waals surface area (Å²) in [6.07, 6.45) is 6.71. The highest BCUT2D eigenvalue weighted by Gasteiger charge is 2.09. The van der Waals surface area contributed by atoms with Gasteiger partial charge in [-0.15, -0.1) is 12.3 Å². The van der Waals surface area contributed by atoms with Crippen LogP contribution < -0.4 is 11.3 Å². The van der Waals surface area contributed by atoms with Crippen LogP contribution in [0.4, 0.5) is 0 Å². The Morgan fingerprint density at radius 1 is 1.60 bits per heavy atom. The zero-order valence-corrected chi connectivity index (χ0v) is 10.5. The van der Waals surface area contributed by atoms with Crippen molar-refractivity contribution in [3.8, 4) is 12.3 Å². The van der Waals surface area contributed by atoms with Gasteiger partial charge in [-0.05, 0) is 40.0 Å². The quantitative estimate of drug-likeness (QED) is 0.507. The summed E-state index contributed by atoms with van der Waals surface area (Å²) in [5.74, 6) is 8.06. The normalized spacial score (nSPS) is 12.1. The number of hydrogen-bond acceptors (Lipinski definition) is 2. The van der Waals surface area contributed by atoms with Gasteiger partial charge in [-0.25, -0.2) is 0 Å². The first-order valence-electron chi connectivity index (χ1n) is 4.53. The monoisotopic (exact) mass is 286 g/mol. The maximum Gasteiger partial charge on any atom is 0.0548 e. The summed E-state index contributed by atoms with van der Waals surface area (Å²) >= 11 is 9.27. The Bertz CT molecular complexity index is 373. The molecule has 0 aliphatic rings. The van der Waals surface area contributed by atoms with E-state index in [1.165, 1.54) is 0 Å². The molecule has 0 bridgehead atoms. The molecule has 0 saturated heterocycles. The van der Waals surface area contributed by atoms with E-state index in [1.54, 1.807) is 0 Å². The number of rotatable bonds is 4. The van der Waals surface area contributed by atoms with E-state index in [9.17, 15) is 0 Å². The number of nitrogens with two attached hydrogens (primary N) is 1. The van der Waals surface area contributed by atoms with Crippen LogP contribution in [0.2, 0.25) is 5.02 Å². The molecule has 1 rings (SSSR count). The van der Waals surface area contributed by atoms with Gasteiger partial charge in [0.2, 0.25) is 0 Å². The van der Waals surface area contributed by atoms with Crippen molar-refractivity contribution in [2.45, 2.75) is 18.9 Å². The van der Waals surface area contributed by atoms with E-state index >= 15 is 0 Å². The van der Waals surface area contributed by atoms with Crippen LogP contribution in [0, 0.1) is 12.3 Å². The lowest BCUT2D eigenvalue weighted by molar-refractivity contribution is 0.524. The second kappa shape index (κ2) is 6.14. The molecule has 0 spiro atoms. The maximum atomic E-state index is 5.90. The molecule has 1 unspecified atom stereocenters. The number of terminal acetylenes is 1. The molecule has 15 heavy (non-hydrogen) atoms. The fourth-order valence-electron chi connectivity index (χ4n) is 1.30.